The van der Waals surface area contributed by atoms with E-state index in [1.54, 1.807) is 0 Å². The number of carbonyl (C=O) groups is 2. The van der Waals surface area contributed by atoms with Crippen LogP contribution in [-0.2, 0) is 19.1 Å². The lowest BCUT2D eigenvalue weighted by atomic mass is 10.2. The highest BCUT2D eigenvalue weighted by molar-refractivity contribution is 6.32. The summed E-state index contributed by atoms with van der Waals surface area (Å²) in [6.45, 7) is 0.202. The van der Waals surface area contributed by atoms with Crippen LogP contribution in [0.3, 0.4) is 0 Å². The molecule has 1 fully saturated rings. The Labute approximate surface area is 100 Å². The summed E-state index contributed by atoms with van der Waals surface area (Å²) in [5.74, 6) is -1.40. The number of carbonyl (C=O) groups excluding carboxylic acids is 2. The van der Waals surface area contributed by atoms with E-state index in [9.17, 15) is 9.59 Å². The van der Waals surface area contributed by atoms with Gasteiger partial charge in [0.05, 0.1) is 25.8 Å². The number of ether oxygens (including phenoxy) is 2. The molecule has 1 rings (SSSR count). The molecule has 0 N–H and O–H groups in total. The maximum absolute atomic E-state index is 11.8. The first-order valence-corrected chi connectivity index (χ1v) is 5.40. The molecule has 0 spiro atoms. The number of hydrogen-bond acceptors (Lipinski definition) is 5. The summed E-state index contributed by atoms with van der Waals surface area (Å²) in [5, 5.41) is 8.72. The van der Waals surface area contributed by atoms with Gasteiger partial charge in [0.1, 0.15) is 6.54 Å². The molecule has 0 radical (unpaired) electrons. The minimum absolute atomic E-state index is 0.127. The number of amides is 1. The Balaban J connectivity index is 2.78. The summed E-state index contributed by atoms with van der Waals surface area (Å²) in [6.07, 6.45) is 1.98. The first-order valence-electron chi connectivity index (χ1n) is 5.40. The Morgan fingerprint density at radius 3 is 2.53 bits per heavy atom. The second-order valence-electron chi connectivity index (χ2n) is 3.94. The van der Waals surface area contributed by atoms with Gasteiger partial charge in [-0.3, -0.25) is 4.79 Å². The average molecular weight is 242 g/mol. The van der Waals surface area contributed by atoms with Crippen molar-refractivity contribution in [2.24, 2.45) is 5.92 Å². The topological polar surface area (TPSA) is 79.6 Å². The van der Waals surface area contributed by atoms with Crippen LogP contribution < -0.4 is 0 Å². The Morgan fingerprint density at radius 1 is 1.47 bits per heavy atom. The lowest BCUT2D eigenvalue weighted by Gasteiger charge is -2.28. The highest BCUT2D eigenvalue weighted by Gasteiger charge is 2.39. The standard InChI is InChI=1S/C11H16N2O4/c1-16-7-9(8-3-4-8)13(6-5-12)10(14)11(15)17-2/h8-9H,3-4,6-7H2,1-2H3/t9-/m1/s1/i10+1,11+1. The lowest BCUT2D eigenvalue weighted by molar-refractivity contribution is -0.159. The Kier molecular flexibility index (Phi) is 4.91. The van der Waals surface area contributed by atoms with Crippen molar-refractivity contribution in [3.05, 3.63) is 0 Å². The molecule has 0 aromatic carbocycles. The van der Waals surface area contributed by atoms with Gasteiger partial charge in [-0.2, -0.15) is 5.26 Å². The van der Waals surface area contributed by atoms with Crippen LogP contribution in [0.15, 0.2) is 0 Å². The third-order valence-corrected chi connectivity index (χ3v) is 2.77. The van der Waals surface area contributed by atoms with Crippen molar-refractivity contribution >= 4 is 11.9 Å². The summed E-state index contributed by atoms with van der Waals surface area (Å²) in [7, 11) is 2.68. The predicted molar refractivity (Wildman–Crippen MR) is 57.7 cm³/mol. The van der Waals surface area contributed by atoms with Crippen LogP contribution in [0.4, 0.5) is 0 Å². The van der Waals surface area contributed by atoms with Crippen molar-refractivity contribution in [3.8, 4) is 6.07 Å². The largest absolute Gasteiger partial charge is 0.462 e. The van der Waals surface area contributed by atoms with Crippen LogP contribution in [0.25, 0.3) is 0 Å². The van der Waals surface area contributed by atoms with Gasteiger partial charge in [0, 0.05) is 7.11 Å². The van der Waals surface area contributed by atoms with E-state index in [2.05, 4.69) is 4.74 Å². The lowest BCUT2D eigenvalue weighted by Crippen LogP contribution is -2.47. The molecule has 1 aliphatic rings. The number of hydrogen-bond donors (Lipinski definition) is 0. The molecule has 6 heteroatoms. The van der Waals surface area contributed by atoms with Gasteiger partial charge in [-0.15, -0.1) is 0 Å². The predicted octanol–water partition coefficient (Wildman–Crippen LogP) is -0.0634. The highest BCUT2D eigenvalue weighted by atomic mass is 16.6. The fourth-order valence-electron chi connectivity index (χ4n) is 1.75. The summed E-state index contributed by atoms with van der Waals surface area (Å²) < 4.78 is 9.43. The Bertz CT molecular complexity index is 333. The molecule has 0 bridgehead atoms. The number of nitriles is 1. The minimum atomic E-state index is -0.943. The second-order valence-corrected chi connectivity index (χ2v) is 3.94. The van der Waals surface area contributed by atoms with E-state index in [-0.39, 0.29) is 12.6 Å². The minimum Gasteiger partial charge on any atom is -0.462 e. The number of methoxy groups -OCH3 is 2. The summed E-state index contributed by atoms with van der Waals surface area (Å²) in [4.78, 5) is 24.2. The first kappa shape index (κ1) is 13.5. The van der Waals surface area contributed by atoms with E-state index < -0.39 is 11.9 Å². The summed E-state index contributed by atoms with van der Waals surface area (Å²) in [6, 6.07) is 1.67. The molecule has 1 atom stereocenters. The van der Waals surface area contributed by atoms with Gasteiger partial charge in [-0.05, 0) is 18.8 Å². The molecular weight excluding hydrogens is 226 g/mol. The van der Waals surface area contributed by atoms with Crippen molar-refractivity contribution in [2.45, 2.75) is 18.9 Å². The fourth-order valence-corrected chi connectivity index (χ4v) is 1.75. The number of esters is 1. The summed E-state index contributed by atoms with van der Waals surface area (Å²) in [5.41, 5.74) is 0. The van der Waals surface area contributed by atoms with Gasteiger partial charge in [-0.25, -0.2) is 4.79 Å². The number of nitrogens with zero attached hydrogens (tertiary/aromatic N) is 2. The molecule has 17 heavy (non-hydrogen) atoms. The highest BCUT2D eigenvalue weighted by Crippen LogP contribution is 2.35. The summed E-state index contributed by atoms with van der Waals surface area (Å²) >= 11 is 0. The van der Waals surface area contributed by atoms with Gasteiger partial charge in [0.25, 0.3) is 0 Å². The molecule has 0 aromatic rings. The van der Waals surface area contributed by atoms with Crippen LogP contribution in [0, 0.1) is 17.2 Å². The van der Waals surface area contributed by atoms with Crippen molar-refractivity contribution in [1.82, 2.24) is 4.90 Å². The Hall–Kier alpha value is -1.61. The Morgan fingerprint density at radius 2 is 2.12 bits per heavy atom. The molecule has 94 valence electrons. The van der Waals surface area contributed by atoms with Gasteiger partial charge >= 0.3 is 11.9 Å². The molecule has 1 saturated carbocycles. The van der Waals surface area contributed by atoms with Crippen LogP contribution in [0.2, 0.25) is 0 Å². The monoisotopic (exact) mass is 242 g/mol. The quantitative estimate of drug-likeness (QED) is 0.292. The van der Waals surface area contributed by atoms with E-state index in [0.717, 1.165) is 20.0 Å². The van der Waals surface area contributed by atoms with Crippen LogP contribution >= 0.6 is 0 Å². The molecule has 0 aliphatic heterocycles. The molecule has 0 heterocycles. The molecule has 1 aliphatic carbocycles. The fraction of sp³-hybridized carbons (Fsp3) is 0.727. The van der Waals surface area contributed by atoms with Crippen LogP contribution in [-0.4, -0.2) is 50.2 Å². The zero-order valence-corrected chi connectivity index (χ0v) is 10.0. The van der Waals surface area contributed by atoms with E-state index >= 15 is 0 Å². The van der Waals surface area contributed by atoms with Crippen molar-refractivity contribution in [1.29, 1.82) is 5.26 Å². The van der Waals surface area contributed by atoms with Crippen molar-refractivity contribution < 1.29 is 19.1 Å². The van der Waals surface area contributed by atoms with Gasteiger partial charge in [-0.1, -0.05) is 0 Å². The van der Waals surface area contributed by atoms with Crippen molar-refractivity contribution in [3.63, 3.8) is 0 Å². The average Bonchev–Trinajstić information content (AvgIpc) is 3.16. The third kappa shape index (κ3) is 3.43. The maximum Gasteiger partial charge on any atom is 0.396 e. The SMILES string of the molecule is COC[C@H](C1CC1)N(CC#N)[13C](=O)[13C](=O)OC. The molecule has 0 saturated heterocycles. The molecule has 1 amide bonds. The third-order valence-electron chi connectivity index (χ3n) is 2.77. The van der Waals surface area contributed by atoms with Gasteiger partial charge in [0.15, 0.2) is 0 Å². The number of rotatable bonds is 5. The smallest absolute Gasteiger partial charge is 0.396 e. The van der Waals surface area contributed by atoms with E-state index in [4.69, 9.17) is 10.00 Å². The van der Waals surface area contributed by atoms with Crippen LogP contribution in [0.5, 0.6) is 0 Å². The maximum atomic E-state index is 11.8. The van der Waals surface area contributed by atoms with E-state index in [1.807, 2.05) is 6.07 Å². The van der Waals surface area contributed by atoms with E-state index in [1.165, 1.54) is 12.0 Å². The van der Waals surface area contributed by atoms with Gasteiger partial charge < -0.3 is 14.4 Å². The van der Waals surface area contributed by atoms with Crippen LogP contribution in [0.1, 0.15) is 12.8 Å². The first-order chi connectivity index (χ1) is 8.15. The zero-order valence-electron chi connectivity index (χ0n) is 10.0. The molecular formula is C11H16N2O4. The van der Waals surface area contributed by atoms with Gasteiger partial charge in [0.2, 0.25) is 0 Å². The molecule has 6 nitrogen and oxygen atoms in total. The second kappa shape index (κ2) is 6.21. The van der Waals surface area contributed by atoms with Crippen molar-refractivity contribution in [2.75, 3.05) is 27.4 Å². The zero-order chi connectivity index (χ0) is 12.8. The molecule has 0 unspecified atom stereocenters. The normalized spacial score (nSPS) is 15.8. The van der Waals surface area contributed by atoms with E-state index in [0.29, 0.717) is 12.5 Å². The molecule has 0 aromatic heterocycles.